The van der Waals surface area contributed by atoms with Crippen molar-refractivity contribution in [2.24, 2.45) is 11.1 Å². The largest absolute Gasteiger partial charge is 0.355 e. The van der Waals surface area contributed by atoms with Crippen molar-refractivity contribution >= 4 is 5.91 Å². The summed E-state index contributed by atoms with van der Waals surface area (Å²) in [7, 11) is 0. The maximum atomic E-state index is 11.5. The van der Waals surface area contributed by atoms with Crippen LogP contribution >= 0.6 is 0 Å². The average Bonchev–Trinajstić information content (AvgIpc) is 2.14. The third kappa shape index (κ3) is 6.14. The zero-order valence-electron chi connectivity index (χ0n) is 9.97. The Bertz CT molecular complexity index is 235. The molecule has 0 aliphatic carbocycles. The van der Waals surface area contributed by atoms with Crippen LogP contribution in [0.15, 0.2) is 0 Å². The van der Waals surface area contributed by atoms with Gasteiger partial charge < -0.3 is 11.1 Å². The highest BCUT2D eigenvalue weighted by molar-refractivity contribution is 5.82. The number of terminal acetylenes is 1. The SMILES string of the molecule is C#CCCCCNC(=O)[C@@H](N)C(C)(C)C. The van der Waals surface area contributed by atoms with Crippen molar-refractivity contribution in [3.05, 3.63) is 0 Å². The van der Waals surface area contributed by atoms with E-state index in [-0.39, 0.29) is 11.3 Å². The third-order valence-electron chi connectivity index (χ3n) is 2.26. The van der Waals surface area contributed by atoms with Gasteiger partial charge in [-0.3, -0.25) is 4.79 Å². The van der Waals surface area contributed by atoms with Gasteiger partial charge in [0.25, 0.3) is 0 Å². The molecule has 0 aromatic rings. The lowest BCUT2D eigenvalue weighted by atomic mass is 9.87. The summed E-state index contributed by atoms with van der Waals surface area (Å²) >= 11 is 0. The van der Waals surface area contributed by atoms with E-state index in [9.17, 15) is 4.79 Å². The Labute approximate surface area is 92.8 Å². The summed E-state index contributed by atoms with van der Waals surface area (Å²) in [5.74, 6) is 2.49. The molecule has 3 N–H and O–H groups in total. The Morgan fingerprint density at radius 3 is 2.53 bits per heavy atom. The van der Waals surface area contributed by atoms with E-state index >= 15 is 0 Å². The van der Waals surface area contributed by atoms with Gasteiger partial charge in [0.2, 0.25) is 5.91 Å². The van der Waals surface area contributed by atoms with Crippen LogP contribution in [0.4, 0.5) is 0 Å². The molecule has 0 saturated heterocycles. The van der Waals surface area contributed by atoms with Crippen LogP contribution in [0.3, 0.4) is 0 Å². The maximum Gasteiger partial charge on any atom is 0.237 e. The van der Waals surface area contributed by atoms with Crippen LogP contribution in [0, 0.1) is 17.8 Å². The van der Waals surface area contributed by atoms with Crippen molar-refractivity contribution in [2.75, 3.05) is 6.54 Å². The minimum atomic E-state index is -0.454. The molecule has 0 aromatic heterocycles. The number of rotatable bonds is 5. The predicted molar refractivity (Wildman–Crippen MR) is 63.1 cm³/mol. The van der Waals surface area contributed by atoms with Gasteiger partial charge in [0, 0.05) is 13.0 Å². The predicted octanol–water partition coefficient (Wildman–Crippen LogP) is 1.28. The van der Waals surface area contributed by atoms with E-state index in [1.165, 1.54) is 0 Å². The molecule has 0 aromatic carbocycles. The van der Waals surface area contributed by atoms with Gasteiger partial charge in [0.1, 0.15) is 0 Å². The molecule has 0 unspecified atom stereocenters. The fourth-order valence-electron chi connectivity index (χ4n) is 1.07. The normalized spacial score (nSPS) is 13.0. The fraction of sp³-hybridized carbons (Fsp3) is 0.750. The Hall–Kier alpha value is -1.01. The Kier molecular flexibility index (Phi) is 6.03. The summed E-state index contributed by atoms with van der Waals surface area (Å²) in [6, 6.07) is -0.454. The van der Waals surface area contributed by atoms with Crippen LogP contribution in [0.25, 0.3) is 0 Å². The lowest BCUT2D eigenvalue weighted by Crippen LogP contribution is -2.48. The molecule has 0 spiro atoms. The lowest BCUT2D eigenvalue weighted by Gasteiger charge is -2.25. The van der Waals surface area contributed by atoms with Crippen molar-refractivity contribution in [1.29, 1.82) is 0 Å². The van der Waals surface area contributed by atoms with E-state index < -0.39 is 6.04 Å². The average molecular weight is 210 g/mol. The molecule has 0 rings (SSSR count). The van der Waals surface area contributed by atoms with Gasteiger partial charge in [-0.05, 0) is 18.3 Å². The second-order valence-corrected chi connectivity index (χ2v) is 4.80. The number of hydrogen-bond donors (Lipinski definition) is 2. The Morgan fingerprint density at radius 1 is 1.47 bits per heavy atom. The van der Waals surface area contributed by atoms with Gasteiger partial charge in [-0.25, -0.2) is 0 Å². The zero-order chi connectivity index (χ0) is 11.9. The van der Waals surface area contributed by atoms with E-state index in [1.807, 2.05) is 20.8 Å². The summed E-state index contributed by atoms with van der Waals surface area (Å²) in [4.78, 5) is 11.5. The van der Waals surface area contributed by atoms with Crippen LogP contribution in [-0.4, -0.2) is 18.5 Å². The van der Waals surface area contributed by atoms with E-state index in [2.05, 4.69) is 11.2 Å². The highest BCUT2D eigenvalue weighted by atomic mass is 16.2. The van der Waals surface area contributed by atoms with E-state index in [0.717, 1.165) is 19.3 Å². The Balaban J connectivity index is 3.71. The molecule has 0 aliphatic heterocycles. The molecule has 15 heavy (non-hydrogen) atoms. The van der Waals surface area contributed by atoms with Crippen molar-refractivity contribution in [2.45, 2.75) is 46.1 Å². The summed E-state index contributed by atoms with van der Waals surface area (Å²) in [5.41, 5.74) is 5.60. The first-order valence-corrected chi connectivity index (χ1v) is 5.36. The van der Waals surface area contributed by atoms with Crippen molar-refractivity contribution in [3.63, 3.8) is 0 Å². The summed E-state index contributed by atoms with van der Waals surface area (Å²) < 4.78 is 0. The van der Waals surface area contributed by atoms with Gasteiger partial charge in [-0.2, -0.15) is 0 Å². The van der Waals surface area contributed by atoms with Gasteiger partial charge in [-0.1, -0.05) is 20.8 Å². The highest BCUT2D eigenvalue weighted by Gasteiger charge is 2.26. The minimum absolute atomic E-state index is 0.0804. The number of amides is 1. The smallest absolute Gasteiger partial charge is 0.237 e. The summed E-state index contributed by atoms with van der Waals surface area (Å²) in [6.45, 7) is 6.52. The van der Waals surface area contributed by atoms with Crippen LogP contribution in [-0.2, 0) is 4.79 Å². The van der Waals surface area contributed by atoms with Gasteiger partial charge in [-0.15, -0.1) is 12.3 Å². The van der Waals surface area contributed by atoms with E-state index in [4.69, 9.17) is 12.2 Å². The van der Waals surface area contributed by atoms with Crippen molar-refractivity contribution < 1.29 is 4.79 Å². The van der Waals surface area contributed by atoms with Gasteiger partial charge >= 0.3 is 0 Å². The number of carbonyl (C=O) groups excluding carboxylic acids is 1. The van der Waals surface area contributed by atoms with Gasteiger partial charge in [0.15, 0.2) is 0 Å². The third-order valence-corrected chi connectivity index (χ3v) is 2.26. The second-order valence-electron chi connectivity index (χ2n) is 4.80. The number of hydrogen-bond acceptors (Lipinski definition) is 2. The second kappa shape index (κ2) is 6.47. The van der Waals surface area contributed by atoms with E-state index in [1.54, 1.807) is 0 Å². The van der Waals surface area contributed by atoms with Crippen molar-refractivity contribution in [3.8, 4) is 12.3 Å². The summed E-state index contributed by atoms with van der Waals surface area (Å²) in [6.07, 6.45) is 7.74. The fourth-order valence-corrected chi connectivity index (χ4v) is 1.07. The first-order valence-electron chi connectivity index (χ1n) is 5.36. The van der Waals surface area contributed by atoms with Crippen LogP contribution in [0.2, 0.25) is 0 Å². The monoisotopic (exact) mass is 210 g/mol. The molecular formula is C12H22N2O. The molecular weight excluding hydrogens is 188 g/mol. The first kappa shape index (κ1) is 14.0. The van der Waals surface area contributed by atoms with E-state index in [0.29, 0.717) is 6.54 Å². The molecule has 3 nitrogen and oxygen atoms in total. The highest BCUT2D eigenvalue weighted by Crippen LogP contribution is 2.16. The standard InChI is InChI=1S/C12H22N2O/c1-5-6-7-8-9-14-11(15)10(13)12(2,3)4/h1,10H,6-9,13H2,2-4H3,(H,14,15)/t10-/m1/s1. The molecule has 0 bridgehead atoms. The molecule has 1 atom stereocenters. The number of unbranched alkanes of at least 4 members (excludes halogenated alkanes) is 2. The molecule has 1 amide bonds. The lowest BCUT2D eigenvalue weighted by molar-refractivity contribution is -0.124. The number of nitrogens with two attached hydrogens (primary N) is 1. The van der Waals surface area contributed by atoms with Crippen LogP contribution in [0.5, 0.6) is 0 Å². The Morgan fingerprint density at radius 2 is 2.07 bits per heavy atom. The molecule has 86 valence electrons. The number of carbonyl (C=O) groups is 1. The first-order chi connectivity index (χ1) is 6.89. The summed E-state index contributed by atoms with van der Waals surface area (Å²) in [5, 5.41) is 2.82. The van der Waals surface area contributed by atoms with Crippen molar-refractivity contribution in [1.82, 2.24) is 5.32 Å². The minimum Gasteiger partial charge on any atom is -0.355 e. The quantitative estimate of drug-likeness (QED) is 0.530. The molecule has 0 radical (unpaired) electrons. The number of nitrogens with one attached hydrogen (secondary N) is 1. The molecule has 3 heteroatoms. The molecule has 0 heterocycles. The van der Waals surface area contributed by atoms with Crippen LogP contribution in [0.1, 0.15) is 40.0 Å². The molecule has 0 aliphatic rings. The maximum absolute atomic E-state index is 11.5. The van der Waals surface area contributed by atoms with Crippen LogP contribution < -0.4 is 11.1 Å². The topological polar surface area (TPSA) is 55.1 Å². The van der Waals surface area contributed by atoms with Gasteiger partial charge in [0.05, 0.1) is 6.04 Å². The molecule has 0 fully saturated rings. The zero-order valence-corrected chi connectivity index (χ0v) is 9.97. The molecule has 0 saturated carbocycles.